The molecule has 28 heavy (non-hydrogen) atoms. The molecule has 0 fully saturated rings. The van der Waals surface area contributed by atoms with Crippen molar-refractivity contribution in [3.63, 3.8) is 0 Å². The fourth-order valence-corrected chi connectivity index (χ4v) is 3.27. The van der Waals surface area contributed by atoms with Crippen molar-refractivity contribution in [2.45, 2.75) is 40.2 Å². The summed E-state index contributed by atoms with van der Waals surface area (Å²) in [5, 5.41) is 3.80. The molecule has 0 spiro atoms. The standard InChI is InChI=1S/C23H26N2O3/c1-6-21(23(26)25-17-10-14(2)9-15(3)11-17)28-22-12-16(4)24-20-8-7-18(27-5)13-19(20)22/h7-13,21H,6H2,1-5H3,(H,25,26). The summed E-state index contributed by atoms with van der Waals surface area (Å²) in [5.74, 6) is 1.18. The summed E-state index contributed by atoms with van der Waals surface area (Å²) < 4.78 is 11.5. The van der Waals surface area contributed by atoms with Gasteiger partial charge >= 0.3 is 0 Å². The number of pyridine rings is 1. The predicted octanol–water partition coefficient (Wildman–Crippen LogP) is 4.96. The number of hydrogen-bond donors (Lipinski definition) is 1. The summed E-state index contributed by atoms with van der Waals surface area (Å²) in [5.41, 5.74) is 4.62. The molecular weight excluding hydrogens is 352 g/mol. The van der Waals surface area contributed by atoms with Crippen LogP contribution in [0.2, 0.25) is 0 Å². The smallest absolute Gasteiger partial charge is 0.265 e. The lowest BCUT2D eigenvalue weighted by atomic mass is 10.1. The largest absolute Gasteiger partial charge is 0.497 e. The van der Waals surface area contributed by atoms with Gasteiger partial charge in [-0.3, -0.25) is 9.78 Å². The molecule has 0 radical (unpaired) electrons. The Labute approximate surface area is 165 Å². The van der Waals surface area contributed by atoms with Gasteiger partial charge in [0.2, 0.25) is 0 Å². The Morgan fingerprint density at radius 3 is 2.43 bits per heavy atom. The Hall–Kier alpha value is -3.08. The maximum atomic E-state index is 12.8. The average Bonchev–Trinajstić information content (AvgIpc) is 2.64. The normalized spacial score (nSPS) is 11.9. The minimum atomic E-state index is -0.614. The number of aryl methyl sites for hydroxylation is 3. The number of amides is 1. The highest BCUT2D eigenvalue weighted by atomic mass is 16.5. The first-order chi connectivity index (χ1) is 13.4. The molecule has 1 heterocycles. The van der Waals surface area contributed by atoms with Gasteiger partial charge in [-0.15, -0.1) is 0 Å². The Bertz CT molecular complexity index is 994. The van der Waals surface area contributed by atoms with Crippen LogP contribution in [0.1, 0.15) is 30.2 Å². The van der Waals surface area contributed by atoms with Gasteiger partial charge in [0.15, 0.2) is 6.10 Å². The zero-order valence-electron chi connectivity index (χ0n) is 17.0. The molecule has 1 aromatic heterocycles. The summed E-state index contributed by atoms with van der Waals surface area (Å²) in [7, 11) is 1.62. The maximum absolute atomic E-state index is 12.8. The molecule has 3 aromatic rings. The zero-order chi connectivity index (χ0) is 20.3. The SMILES string of the molecule is CCC(Oc1cc(C)nc2ccc(OC)cc12)C(=O)Nc1cc(C)cc(C)c1. The van der Waals surface area contributed by atoms with E-state index in [9.17, 15) is 4.79 Å². The molecule has 3 rings (SSSR count). The minimum absolute atomic E-state index is 0.169. The Balaban J connectivity index is 1.88. The number of fused-ring (bicyclic) bond motifs is 1. The van der Waals surface area contributed by atoms with Gasteiger partial charge in [-0.1, -0.05) is 13.0 Å². The second kappa shape index (κ2) is 8.30. The number of carbonyl (C=O) groups is 1. The van der Waals surface area contributed by atoms with E-state index in [-0.39, 0.29) is 5.91 Å². The monoisotopic (exact) mass is 378 g/mol. The van der Waals surface area contributed by atoms with Gasteiger partial charge in [0.05, 0.1) is 12.6 Å². The third kappa shape index (κ3) is 4.42. The van der Waals surface area contributed by atoms with Crippen LogP contribution in [0, 0.1) is 20.8 Å². The highest BCUT2D eigenvalue weighted by molar-refractivity contribution is 5.95. The lowest BCUT2D eigenvalue weighted by molar-refractivity contribution is -0.122. The molecule has 0 aliphatic carbocycles. The fraction of sp³-hybridized carbons (Fsp3) is 0.304. The van der Waals surface area contributed by atoms with Gasteiger partial charge in [0.25, 0.3) is 5.91 Å². The summed E-state index contributed by atoms with van der Waals surface area (Å²) in [6, 6.07) is 13.5. The number of nitrogens with zero attached hydrogens (tertiary/aromatic N) is 1. The maximum Gasteiger partial charge on any atom is 0.265 e. The van der Waals surface area contributed by atoms with Crippen LogP contribution in [-0.2, 0) is 4.79 Å². The number of carbonyl (C=O) groups excluding carboxylic acids is 1. The first-order valence-corrected chi connectivity index (χ1v) is 9.41. The third-order valence-corrected chi connectivity index (χ3v) is 4.53. The van der Waals surface area contributed by atoms with E-state index in [2.05, 4.69) is 16.4 Å². The van der Waals surface area contributed by atoms with E-state index in [1.54, 1.807) is 7.11 Å². The summed E-state index contributed by atoms with van der Waals surface area (Å²) in [6.45, 7) is 7.86. The molecular formula is C23H26N2O3. The predicted molar refractivity (Wildman–Crippen MR) is 112 cm³/mol. The molecule has 146 valence electrons. The second-order valence-electron chi connectivity index (χ2n) is 7.03. The number of nitrogens with one attached hydrogen (secondary N) is 1. The highest BCUT2D eigenvalue weighted by Gasteiger charge is 2.20. The van der Waals surface area contributed by atoms with Crippen LogP contribution in [0.5, 0.6) is 11.5 Å². The van der Waals surface area contributed by atoms with Crippen molar-refractivity contribution < 1.29 is 14.3 Å². The van der Waals surface area contributed by atoms with Gasteiger partial charge in [-0.05, 0) is 68.7 Å². The molecule has 0 saturated carbocycles. The highest BCUT2D eigenvalue weighted by Crippen LogP contribution is 2.30. The lowest BCUT2D eigenvalue weighted by Gasteiger charge is -2.19. The molecule has 2 aromatic carbocycles. The van der Waals surface area contributed by atoms with E-state index in [1.807, 2.05) is 64.1 Å². The van der Waals surface area contributed by atoms with Crippen LogP contribution in [0.15, 0.2) is 42.5 Å². The van der Waals surface area contributed by atoms with Crippen molar-refractivity contribution in [2.24, 2.45) is 0 Å². The quantitative estimate of drug-likeness (QED) is 0.658. The van der Waals surface area contributed by atoms with Crippen molar-refractivity contribution in [2.75, 3.05) is 12.4 Å². The summed E-state index contributed by atoms with van der Waals surface area (Å²) in [4.78, 5) is 17.4. The van der Waals surface area contributed by atoms with Crippen LogP contribution >= 0.6 is 0 Å². The molecule has 1 atom stereocenters. The van der Waals surface area contributed by atoms with Gasteiger partial charge in [0, 0.05) is 22.8 Å². The number of ether oxygens (including phenoxy) is 2. The summed E-state index contributed by atoms with van der Waals surface area (Å²) >= 11 is 0. The average molecular weight is 378 g/mol. The number of anilines is 1. The molecule has 1 amide bonds. The first-order valence-electron chi connectivity index (χ1n) is 9.41. The topological polar surface area (TPSA) is 60.5 Å². The van der Waals surface area contributed by atoms with Crippen molar-refractivity contribution in [3.05, 3.63) is 59.3 Å². The first kappa shape index (κ1) is 19.7. The van der Waals surface area contributed by atoms with Crippen LogP contribution < -0.4 is 14.8 Å². The molecule has 1 unspecified atom stereocenters. The number of rotatable bonds is 6. The molecule has 5 nitrogen and oxygen atoms in total. The van der Waals surface area contributed by atoms with Gasteiger partial charge in [-0.25, -0.2) is 0 Å². The second-order valence-corrected chi connectivity index (χ2v) is 7.03. The van der Waals surface area contributed by atoms with Crippen molar-refractivity contribution >= 4 is 22.5 Å². The van der Waals surface area contributed by atoms with Crippen molar-refractivity contribution in [3.8, 4) is 11.5 Å². The Morgan fingerprint density at radius 2 is 1.79 bits per heavy atom. The van der Waals surface area contributed by atoms with E-state index in [0.29, 0.717) is 12.2 Å². The van der Waals surface area contributed by atoms with E-state index in [4.69, 9.17) is 9.47 Å². The van der Waals surface area contributed by atoms with E-state index in [1.165, 1.54) is 0 Å². The molecule has 0 saturated heterocycles. The van der Waals surface area contributed by atoms with Gasteiger partial charge < -0.3 is 14.8 Å². The van der Waals surface area contributed by atoms with Gasteiger partial charge in [0.1, 0.15) is 11.5 Å². The molecule has 1 N–H and O–H groups in total. The zero-order valence-corrected chi connectivity index (χ0v) is 17.0. The molecule has 0 aliphatic rings. The molecule has 5 heteroatoms. The fourth-order valence-electron chi connectivity index (χ4n) is 3.27. The molecule has 0 bridgehead atoms. The molecule has 0 aliphatic heterocycles. The lowest BCUT2D eigenvalue weighted by Crippen LogP contribution is -2.32. The van der Waals surface area contributed by atoms with Crippen LogP contribution in [0.3, 0.4) is 0 Å². The number of aromatic nitrogens is 1. The number of methoxy groups -OCH3 is 1. The van der Waals surface area contributed by atoms with E-state index in [0.717, 1.165) is 39.2 Å². The Kier molecular flexibility index (Phi) is 5.83. The number of benzene rings is 2. The van der Waals surface area contributed by atoms with Gasteiger partial charge in [-0.2, -0.15) is 0 Å². The third-order valence-electron chi connectivity index (χ3n) is 4.53. The minimum Gasteiger partial charge on any atom is -0.497 e. The number of hydrogen-bond acceptors (Lipinski definition) is 4. The van der Waals surface area contributed by atoms with Crippen LogP contribution in [0.25, 0.3) is 10.9 Å². The van der Waals surface area contributed by atoms with E-state index >= 15 is 0 Å². The van der Waals surface area contributed by atoms with Crippen molar-refractivity contribution in [1.29, 1.82) is 0 Å². The Morgan fingerprint density at radius 1 is 1.07 bits per heavy atom. The van der Waals surface area contributed by atoms with E-state index < -0.39 is 6.10 Å². The van der Waals surface area contributed by atoms with Crippen LogP contribution in [0.4, 0.5) is 5.69 Å². The van der Waals surface area contributed by atoms with Crippen LogP contribution in [-0.4, -0.2) is 24.1 Å². The van der Waals surface area contributed by atoms with Crippen molar-refractivity contribution in [1.82, 2.24) is 4.98 Å². The summed E-state index contributed by atoms with van der Waals surface area (Å²) in [6.07, 6.45) is -0.0688.